The quantitative estimate of drug-likeness (QED) is 0.151. The minimum absolute atomic E-state index is 1.09. The van der Waals surface area contributed by atoms with E-state index in [0.717, 1.165) is 16.6 Å². The molecule has 0 unspecified atom stereocenters. The molecule has 0 aliphatic rings. The van der Waals surface area contributed by atoms with Gasteiger partial charge in [0.2, 0.25) is 0 Å². The zero-order valence-corrected chi connectivity index (χ0v) is 31.2. The minimum Gasteiger partial charge on any atom is -0.309 e. The Labute approximate surface area is 332 Å². The Balaban J connectivity index is 1.13. The highest BCUT2D eigenvalue weighted by Gasteiger charge is 2.19. The van der Waals surface area contributed by atoms with Gasteiger partial charge < -0.3 is 4.57 Å². The van der Waals surface area contributed by atoms with Crippen LogP contribution in [0.2, 0.25) is 0 Å². The van der Waals surface area contributed by atoms with Crippen LogP contribution in [0.15, 0.2) is 212 Å². The van der Waals surface area contributed by atoms with Crippen LogP contribution < -0.4 is 0 Å². The predicted octanol–water partition coefficient (Wildman–Crippen LogP) is 15.0. The number of aromatic nitrogens is 1. The minimum atomic E-state index is 1.09. The molecular formula is C56H35N. The van der Waals surface area contributed by atoms with Gasteiger partial charge in [0.15, 0.2) is 0 Å². The first-order valence-corrected chi connectivity index (χ1v) is 19.5. The third-order valence-electron chi connectivity index (χ3n) is 11.4. The number of hydrogen-bond donors (Lipinski definition) is 0. The van der Waals surface area contributed by atoms with Crippen molar-refractivity contribution in [3.8, 4) is 61.3 Å². The monoisotopic (exact) mass is 721 g/mol. The van der Waals surface area contributed by atoms with Crippen LogP contribution in [-0.2, 0) is 0 Å². The summed E-state index contributed by atoms with van der Waals surface area (Å²) < 4.78 is 2.33. The predicted molar refractivity (Wildman–Crippen MR) is 241 cm³/mol. The van der Waals surface area contributed by atoms with Gasteiger partial charge in [-0.25, -0.2) is 0 Å². The highest BCUT2D eigenvalue weighted by Crippen LogP contribution is 2.46. The number of hydrogen-bond acceptors (Lipinski definition) is 0. The Hall–Kier alpha value is -7.66. The fourth-order valence-electron chi connectivity index (χ4n) is 8.81. The molecule has 57 heavy (non-hydrogen) atoms. The van der Waals surface area contributed by atoms with E-state index >= 15 is 0 Å². The van der Waals surface area contributed by atoms with Crippen molar-refractivity contribution < 1.29 is 0 Å². The van der Waals surface area contributed by atoms with Crippen molar-refractivity contribution in [1.82, 2.24) is 4.57 Å². The largest absolute Gasteiger partial charge is 0.309 e. The van der Waals surface area contributed by atoms with E-state index in [4.69, 9.17) is 0 Å². The maximum Gasteiger partial charge on any atom is 0.0631 e. The van der Waals surface area contributed by atoms with E-state index in [-0.39, 0.29) is 0 Å². The summed E-state index contributed by atoms with van der Waals surface area (Å²) in [7, 11) is 0. The molecule has 0 fully saturated rings. The van der Waals surface area contributed by atoms with Gasteiger partial charge in [0.1, 0.15) is 0 Å². The van der Waals surface area contributed by atoms with Crippen molar-refractivity contribution >= 4 is 43.4 Å². The Morgan fingerprint density at radius 2 is 0.772 bits per heavy atom. The van der Waals surface area contributed by atoms with Gasteiger partial charge in [-0.05, 0) is 126 Å². The highest BCUT2D eigenvalue weighted by atomic mass is 15.0. The van der Waals surface area contributed by atoms with E-state index in [1.165, 1.54) is 88.1 Å². The molecule has 1 nitrogen and oxygen atoms in total. The van der Waals surface area contributed by atoms with E-state index in [2.05, 4.69) is 223 Å². The molecule has 11 aromatic rings. The van der Waals surface area contributed by atoms with Crippen LogP contribution in [-0.4, -0.2) is 4.57 Å². The van der Waals surface area contributed by atoms with Crippen LogP contribution in [0.25, 0.3) is 105 Å². The molecule has 0 saturated carbocycles. The summed E-state index contributed by atoms with van der Waals surface area (Å²) in [6.07, 6.45) is 0. The fraction of sp³-hybridized carbons (Fsp3) is 0. The van der Waals surface area contributed by atoms with Gasteiger partial charge in [-0.2, -0.15) is 0 Å². The van der Waals surface area contributed by atoms with Gasteiger partial charge >= 0.3 is 0 Å². The van der Waals surface area contributed by atoms with Crippen molar-refractivity contribution in [3.05, 3.63) is 224 Å². The number of rotatable bonds is 6. The molecule has 0 aliphatic heterocycles. The Morgan fingerprint density at radius 3 is 1.42 bits per heavy atom. The molecule has 0 aliphatic carbocycles. The molecule has 264 valence electrons. The zero-order chi connectivity index (χ0) is 37.7. The molecule has 0 amide bonds. The van der Waals surface area contributed by atoms with E-state index < -0.39 is 0 Å². The maximum atomic E-state index is 3.36. The van der Waals surface area contributed by atoms with Crippen molar-refractivity contribution in [2.24, 2.45) is 0 Å². The van der Waals surface area contributed by atoms with E-state index in [1.54, 1.807) is 0 Å². The average Bonchev–Trinajstić information content (AvgIpc) is 3.63. The third-order valence-corrected chi connectivity index (χ3v) is 11.4. The van der Waals surface area contributed by atoms with Crippen LogP contribution in [0, 0.1) is 12.1 Å². The Bertz CT molecular complexity index is 3210. The number of benzene rings is 9. The molecule has 1 heteroatoms. The number of para-hydroxylation sites is 1. The summed E-state index contributed by atoms with van der Waals surface area (Å²) in [5.74, 6) is 0. The Morgan fingerprint density at radius 1 is 0.298 bits per heavy atom. The summed E-state index contributed by atoms with van der Waals surface area (Å²) in [5, 5.41) is 7.22. The maximum absolute atomic E-state index is 3.36. The summed E-state index contributed by atoms with van der Waals surface area (Å²) in [6.45, 7) is 0. The lowest BCUT2D eigenvalue weighted by atomic mass is 9.84. The average molecular weight is 722 g/mol. The molecule has 0 bridgehead atoms. The van der Waals surface area contributed by atoms with Crippen LogP contribution >= 0.6 is 0 Å². The molecule has 0 radical (unpaired) electrons. The van der Waals surface area contributed by atoms with Crippen LogP contribution in [0.1, 0.15) is 0 Å². The SMILES string of the molecule is c1ccc2c(c#1)c1ccccc1n2-c1ccc(-c2ccc3c(-c4cccc(-c5ccccc5)c4)c4ccccc4c(-c4cccc(-c5ccccc5)c4)c3c2)cc1. The first-order chi connectivity index (χ1) is 28.3. The molecule has 0 spiro atoms. The molecule has 10 aromatic carbocycles. The van der Waals surface area contributed by atoms with Gasteiger partial charge in [0, 0.05) is 11.1 Å². The summed E-state index contributed by atoms with van der Waals surface area (Å²) in [6, 6.07) is 83.6. The summed E-state index contributed by atoms with van der Waals surface area (Å²) >= 11 is 0. The lowest BCUT2D eigenvalue weighted by molar-refractivity contribution is 1.18. The van der Waals surface area contributed by atoms with E-state index in [9.17, 15) is 0 Å². The second-order valence-corrected chi connectivity index (χ2v) is 14.7. The molecule has 11 rings (SSSR count). The van der Waals surface area contributed by atoms with Crippen LogP contribution in [0.5, 0.6) is 0 Å². The number of nitrogens with zero attached hydrogens (tertiary/aromatic N) is 1. The van der Waals surface area contributed by atoms with Crippen molar-refractivity contribution in [2.75, 3.05) is 0 Å². The van der Waals surface area contributed by atoms with Gasteiger partial charge in [-0.1, -0.05) is 176 Å². The molecule has 0 saturated heterocycles. The fourth-order valence-corrected chi connectivity index (χ4v) is 8.81. The smallest absolute Gasteiger partial charge is 0.0631 e. The van der Waals surface area contributed by atoms with Crippen LogP contribution in [0.3, 0.4) is 0 Å². The lowest BCUT2D eigenvalue weighted by Crippen LogP contribution is -1.94. The standard InChI is InChI=1S/C56H35N/c1-3-15-38(16-4-1)41-19-13-21-44(35-41)55-49-25-7-8-26-50(49)56(45-22-14-20-42(36-45)39-17-5-2-6-18-39)52-37-43(31-34-51(52)55)40-29-32-46(33-30-40)57-53-27-11-9-23-47(53)48-24-10-12-28-54(48)57/h1-9,11-23,25-37H. The molecule has 0 N–H and O–H groups in total. The molecular weight excluding hydrogens is 687 g/mol. The highest BCUT2D eigenvalue weighted by molar-refractivity contribution is 6.22. The molecule has 1 heterocycles. The van der Waals surface area contributed by atoms with Gasteiger partial charge in [0.05, 0.1) is 16.4 Å². The zero-order valence-electron chi connectivity index (χ0n) is 31.2. The summed E-state index contributed by atoms with van der Waals surface area (Å²) in [4.78, 5) is 0. The second kappa shape index (κ2) is 13.6. The Kier molecular flexibility index (Phi) is 7.80. The topological polar surface area (TPSA) is 4.93 Å². The number of fused-ring (bicyclic) bond motifs is 5. The van der Waals surface area contributed by atoms with Crippen molar-refractivity contribution in [2.45, 2.75) is 0 Å². The van der Waals surface area contributed by atoms with Crippen LogP contribution in [0.4, 0.5) is 0 Å². The summed E-state index contributed by atoms with van der Waals surface area (Å²) in [5.41, 5.74) is 15.5. The molecule has 0 atom stereocenters. The third kappa shape index (κ3) is 5.58. The normalized spacial score (nSPS) is 11.4. The first kappa shape index (κ1) is 32.7. The van der Waals surface area contributed by atoms with E-state index in [0.29, 0.717) is 0 Å². The lowest BCUT2D eigenvalue weighted by Gasteiger charge is -2.19. The van der Waals surface area contributed by atoms with E-state index in [1.807, 2.05) is 6.07 Å². The second-order valence-electron chi connectivity index (χ2n) is 14.7. The van der Waals surface area contributed by atoms with Gasteiger partial charge in [0.25, 0.3) is 0 Å². The van der Waals surface area contributed by atoms with Crippen molar-refractivity contribution in [1.29, 1.82) is 0 Å². The molecule has 1 aromatic heterocycles. The van der Waals surface area contributed by atoms with Crippen molar-refractivity contribution in [3.63, 3.8) is 0 Å². The van der Waals surface area contributed by atoms with Gasteiger partial charge in [-0.3, -0.25) is 0 Å². The first-order valence-electron chi connectivity index (χ1n) is 19.5. The van der Waals surface area contributed by atoms with Gasteiger partial charge in [-0.15, -0.1) is 0 Å².